The van der Waals surface area contributed by atoms with Gasteiger partial charge in [0.1, 0.15) is 12.4 Å². The number of rotatable bonds is 4. The molecule has 19 heavy (non-hydrogen) atoms. The number of H-pyrrole nitrogens is 1. The third-order valence-electron chi connectivity index (χ3n) is 2.43. The van der Waals surface area contributed by atoms with Gasteiger partial charge in [0.15, 0.2) is 5.65 Å². The van der Waals surface area contributed by atoms with Crippen LogP contribution >= 0.6 is 11.6 Å². The molecule has 5 nitrogen and oxygen atoms in total. The Bertz CT molecular complexity index is 568. The summed E-state index contributed by atoms with van der Waals surface area (Å²) in [6, 6.07) is 0. The third kappa shape index (κ3) is 3.25. The second kappa shape index (κ2) is 5.20. The maximum absolute atomic E-state index is 12.6. The highest BCUT2D eigenvalue weighted by Gasteiger charge is 2.32. The molecule has 2 aromatic rings. The summed E-state index contributed by atoms with van der Waals surface area (Å²) in [5.74, 6) is 0.142. The van der Waals surface area contributed by atoms with Crippen molar-refractivity contribution in [3.05, 3.63) is 11.5 Å². The highest BCUT2D eigenvalue weighted by Crippen LogP contribution is 2.27. The number of aromatic amines is 1. The molecule has 0 aliphatic heterocycles. The van der Waals surface area contributed by atoms with E-state index in [4.69, 9.17) is 11.6 Å². The van der Waals surface area contributed by atoms with Crippen LogP contribution in [0, 0.1) is 0 Å². The summed E-state index contributed by atoms with van der Waals surface area (Å²) in [4.78, 5) is 8.89. The molecule has 104 valence electrons. The van der Waals surface area contributed by atoms with E-state index in [9.17, 15) is 13.2 Å². The second-order valence-electron chi connectivity index (χ2n) is 3.99. The lowest BCUT2D eigenvalue weighted by molar-refractivity contribution is -0.119. The van der Waals surface area contributed by atoms with Crippen LogP contribution in [0.2, 0.25) is 5.28 Å². The maximum atomic E-state index is 12.6. The van der Waals surface area contributed by atoms with Crippen LogP contribution < -0.4 is 4.90 Å². The average Bonchev–Trinajstić information content (AvgIpc) is 2.73. The smallest absolute Gasteiger partial charge is 0.347 e. The molecule has 0 aromatic carbocycles. The van der Waals surface area contributed by atoms with E-state index >= 15 is 0 Å². The summed E-state index contributed by atoms with van der Waals surface area (Å²) in [5, 5.41) is 6.62. The van der Waals surface area contributed by atoms with Gasteiger partial charge in [0, 0.05) is 6.54 Å². The van der Waals surface area contributed by atoms with E-state index in [-0.39, 0.29) is 17.6 Å². The molecule has 2 aromatic heterocycles. The van der Waals surface area contributed by atoms with Gasteiger partial charge in [0.2, 0.25) is 5.28 Å². The molecule has 0 radical (unpaired) electrons. The van der Waals surface area contributed by atoms with Crippen LogP contribution in [-0.2, 0) is 0 Å². The van der Waals surface area contributed by atoms with Crippen LogP contribution in [0.25, 0.3) is 11.0 Å². The van der Waals surface area contributed by atoms with Crippen molar-refractivity contribution in [2.75, 3.05) is 18.0 Å². The summed E-state index contributed by atoms with van der Waals surface area (Å²) in [6.07, 6.45) is -2.38. The number of halogens is 4. The van der Waals surface area contributed by atoms with Crippen LogP contribution in [0.4, 0.5) is 19.0 Å². The molecule has 0 amide bonds. The molecule has 0 saturated heterocycles. The van der Waals surface area contributed by atoms with Gasteiger partial charge in [-0.25, -0.2) is 0 Å². The molecular formula is C10H11ClF3N5. The van der Waals surface area contributed by atoms with E-state index < -0.39 is 12.7 Å². The number of hydrogen-bond acceptors (Lipinski definition) is 4. The first-order valence-corrected chi connectivity index (χ1v) is 5.97. The first-order valence-electron chi connectivity index (χ1n) is 5.59. The zero-order valence-electron chi connectivity index (χ0n) is 10.00. The Morgan fingerprint density at radius 1 is 1.37 bits per heavy atom. The first-order chi connectivity index (χ1) is 8.90. The van der Waals surface area contributed by atoms with Crippen molar-refractivity contribution in [2.24, 2.45) is 0 Å². The monoisotopic (exact) mass is 293 g/mol. The van der Waals surface area contributed by atoms with Crippen molar-refractivity contribution in [1.29, 1.82) is 0 Å². The molecular weight excluding hydrogens is 283 g/mol. The topological polar surface area (TPSA) is 57.7 Å². The number of alkyl halides is 3. The predicted molar refractivity (Wildman–Crippen MR) is 65.3 cm³/mol. The molecule has 2 heterocycles. The van der Waals surface area contributed by atoms with E-state index in [0.717, 1.165) is 4.90 Å². The van der Waals surface area contributed by atoms with E-state index in [0.29, 0.717) is 17.5 Å². The van der Waals surface area contributed by atoms with Gasteiger partial charge >= 0.3 is 6.18 Å². The van der Waals surface area contributed by atoms with Crippen LogP contribution in [-0.4, -0.2) is 39.4 Å². The largest absolute Gasteiger partial charge is 0.405 e. The van der Waals surface area contributed by atoms with Gasteiger partial charge in [-0.2, -0.15) is 28.2 Å². The minimum Gasteiger partial charge on any atom is -0.347 e. The number of aromatic nitrogens is 4. The summed E-state index contributed by atoms with van der Waals surface area (Å²) < 4.78 is 37.8. The molecule has 0 bridgehead atoms. The van der Waals surface area contributed by atoms with Crippen LogP contribution in [0.15, 0.2) is 6.20 Å². The Kier molecular flexibility index (Phi) is 3.79. The van der Waals surface area contributed by atoms with Crippen molar-refractivity contribution in [1.82, 2.24) is 20.2 Å². The molecule has 0 fully saturated rings. The fraction of sp³-hybridized carbons (Fsp3) is 0.500. The maximum Gasteiger partial charge on any atom is 0.405 e. The van der Waals surface area contributed by atoms with Crippen molar-refractivity contribution in [2.45, 2.75) is 19.5 Å². The number of fused-ring (bicyclic) bond motifs is 1. The predicted octanol–water partition coefficient (Wildman–Crippen LogP) is 2.79. The minimum absolute atomic E-state index is 0.116. The Hall–Kier alpha value is -1.57. The van der Waals surface area contributed by atoms with Crippen LogP contribution in [0.5, 0.6) is 0 Å². The zero-order chi connectivity index (χ0) is 14.0. The average molecular weight is 294 g/mol. The van der Waals surface area contributed by atoms with E-state index in [2.05, 4.69) is 20.2 Å². The second-order valence-corrected chi connectivity index (χ2v) is 4.32. The zero-order valence-corrected chi connectivity index (χ0v) is 10.8. The van der Waals surface area contributed by atoms with E-state index in [1.54, 1.807) is 6.92 Å². The highest BCUT2D eigenvalue weighted by molar-refractivity contribution is 6.28. The Balaban J connectivity index is 2.45. The molecule has 0 saturated carbocycles. The van der Waals surface area contributed by atoms with Gasteiger partial charge in [-0.05, 0) is 18.0 Å². The fourth-order valence-electron chi connectivity index (χ4n) is 1.78. The van der Waals surface area contributed by atoms with Crippen LogP contribution in [0.3, 0.4) is 0 Å². The van der Waals surface area contributed by atoms with Gasteiger partial charge in [-0.3, -0.25) is 5.10 Å². The molecule has 0 spiro atoms. The van der Waals surface area contributed by atoms with Gasteiger partial charge in [-0.1, -0.05) is 6.92 Å². The van der Waals surface area contributed by atoms with Gasteiger partial charge in [0.05, 0.1) is 11.6 Å². The Morgan fingerprint density at radius 3 is 2.74 bits per heavy atom. The summed E-state index contributed by atoms with van der Waals surface area (Å²) in [5.41, 5.74) is 0.318. The number of anilines is 1. The van der Waals surface area contributed by atoms with Crippen LogP contribution in [0.1, 0.15) is 13.3 Å². The Labute approximate surface area is 111 Å². The summed E-state index contributed by atoms with van der Waals surface area (Å²) >= 11 is 5.72. The normalized spacial score (nSPS) is 12.1. The summed E-state index contributed by atoms with van der Waals surface area (Å²) in [7, 11) is 0. The van der Waals surface area contributed by atoms with Crippen molar-refractivity contribution in [3.63, 3.8) is 0 Å². The third-order valence-corrected chi connectivity index (χ3v) is 2.59. The number of hydrogen-bond donors (Lipinski definition) is 1. The van der Waals surface area contributed by atoms with E-state index in [1.807, 2.05) is 0 Å². The molecule has 0 aliphatic rings. The van der Waals surface area contributed by atoms with Gasteiger partial charge in [0.25, 0.3) is 0 Å². The lowest BCUT2D eigenvalue weighted by Gasteiger charge is -2.24. The van der Waals surface area contributed by atoms with Crippen molar-refractivity contribution in [3.8, 4) is 0 Å². The number of nitrogens with one attached hydrogen (secondary N) is 1. The first kappa shape index (κ1) is 13.9. The molecule has 9 heteroatoms. The van der Waals surface area contributed by atoms with E-state index in [1.165, 1.54) is 6.20 Å². The van der Waals surface area contributed by atoms with Crippen molar-refractivity contribution >= 4 is 28.5 Å². The van der Waals surface area contributed by atoms with Crippen molar-refractivity contribution < 1.29 is 13.2 Å². The molecule has 2 rings (SSSR count). The lowest BCUT2D eigenvalue weighted by atomic mass is 10.3. The molecule has 0 aliphatic carbocycles. The minimum atomic E-state index is -4.32. The quantitative estimate of drug-likeness (QED) is 0.881. The molecule has 0 unspecified atom stereocenters. The summed E-state index contributed by atoms with van der Waals surface area (Å²) in [6.45, 7) is 0.917. The number of nitrogens with zero attached hydrogens (tertiary/aromatic N) is 4. The molecule has 1 N–H and O–H groups in total. The standard InChI is InChI=1S/C10H11ClF3N5/c1-2-3-19(5-10(12,13)14)8-6-4-15-18-7(6)16-9(11)17-8/h4H,2-3,5H2,1H3,(H,15,16,17,18). The Morgan fingerprint density at radius 2 is 2.11 bits per heavy atom. The molecule has 0 atom stereocenters. The highest BCUT2D eigenvalue weighted by atomic mass is 35.5. The van der Waals surface area contributed by atoms with Gasteiger partial charge < -0.3 is 4.90 Å². The fourth-order valence-corrected chi connectivity index (χ4v) is 1.94. The SMILES string of the molecule is CCCN(CC(F)(F)F)c1nc(Cl)nc2[nH]ncc12. The van der Waals surface area contributed by atoms with Gasteiger partial charge in [-0.15, -0.1) is 0 Å². The lowest BCUT2D eigenvalue weighted by Crippen LogP contribution is -2.35.